The fraction of sp³-hybridized carbons (Fsp3) is 0.600. The monoisotopic (exact) mass is 278 g/mol. The summed E-state index contributed by atoms with van der Waals surface area (Å²) in [7, 11) is 0. The summed E-state index contributed by atoms with van der Waals surface area (Å²) in [4.78, 5) is 3.95. The Bertz CT molecular complexity index is 407. The lowest BCUT2D eigenvalue weighted by atomic mass is 10.1. The maximum Gasteiger partial charge on any atom is 0.0594 e. The SMILES string of the molecule is c1ccc2c(c1)SCC2NCCCN1CCOCC1. The Labute approximate surface area is 119 Å². The second kappa shape index (κ2) is 6.75. The Hall–Kier alpha value is -0.550. The predicted molar refractivity (Wildman–Crippen MR) is 79.8 cm³/mol. The van der Waals surface area contributed by atoms with Crippen molar-refractivity contribution in [3.63, 3.8) is 0 Å². The maximum atomic E-state index is 5.37. The van der Waals surface area contributed by atoms with Gasteiger partial charge in [-0.25, -0.2) is 0 Å². The van der Waals surface area contributed by atoms with Crippen molar-refractivity contribution in [2.24, 2.45) is 0 Å². The second-order valence-corrected chi connectivity index (χ2v) is 6.22. The third-order valence-corrected chi connectivity index (χ3v) is 5.03. The maximum absolute atomic E-state index is 5.37. The molecular formula is C15H22N2OS. The van der Waals surface area contributed by atoms with Crippen LogP contribution in [-0.2, 0) is 4.74 Å². The molecule has 0 aliphatic carbocycles. The van der Waals surface area contributed by atoms with Gasteiger partial charge in [-0.05, 0) is 31.1 Å². The number of ether oxygens (including phenoxy) is 1. The number of hydrogen-bond donors (Lipinski definition) is 1. The molecule has 104 valence electrons. The van der Waals surface area contributed by atoms with E-state index in [1.165, 1.54) is 29.2 Å². The van der Waals surface area contributed by atoms with Crippen LogP contribution >= 0.6 is 11.8 Å². The third-order valence-electron chi connectivity index (χ3n) is 3.85. The molecule has 1 saturated heterocycles. The number of hydrogen-bond acceptors (Lipinski definition) is 4. The van der Waals surface area contributed by atoms with Crippen LogP contribution in [0.4, 0.5) is 0 Å². The molecule has 0 spiro atoms. The Balaban J connectivity index is 1.39. The molecule has 2 aliphatic heterocycles. The lowest BCUT2D eigenvalue weighted by molar-refractivity contribution is 0.0374. The van der Waals surface area contributed by atoms with E-state index in [0.717, 1.165) is 32.8 Å². The van der Waals surface area contributed by atoms with Crippen LogP contribution in [0, 0.1) is 0 Å². The van der Waals surface area contributed by atoms with Crippen molar-refractivity contribution < 1.29 is 4.74 Å². The molecule has 3 rings (SSSR count). The quantitative estimate of drug-likeness (QED) is 0.834. The first-order chi connectivity index (χ1) is 9.43. The molecule has 1 aromatic rings. The highest BCUT2D eigenvalue weighted by Crippen LogP contribution is 2.37. The second-order valence-electron chi connectivity index (χ2n) is 5.16. The summed E-state index contributed by atoms with van der Waals surface area (Å²) in [5.41, 5.74) is 1.49. The van der Waals surface area contributed by atoms with Crippen molar-refractivity contribution in [1.29, 1.82) is 0 Å². The van der Waals surface area contributed by atoms with E-state index in [-0.39, 0.29) is 0 Å². The number of benzene rings is 1. The molecule has 19 heavy (non-hydrogen) atoms. The number of nitrogens with one attached hydrogen (secondary N) is 1. The van der Waals surface area contributed by atoms with Crippen LogP contribution in [0.25, 0.3) is 0 Å². The minimum atomic E-state index is 0.547. The predicted octanol–water partition coefficient (Wildman–Crippen LogP) is 2.15. The zero-order valence-corrected chi connectivity index (χ0v) is 12.1. The first-order valence-electron chi connectivity index (χ1n) is 7.19. The van der Waals surface area contributed by atoms with Gasteiger partial charge in [-0.2, -0.15) is 0 Å². The summed E-state index contributed by atoms with van der Waals surface area (Å²) in [6.07, 6.45) is 1.23. The van der Waals surface area contributed by atoms with Crippen molar-refractivity contribution in [1.82, 2.24) is 10.2 Å². The van der Waals surface area contributed by atoms with E-state index < -0.39 is 0 Å². The summed E-state index contributed by atoms with van der Waals surface area (Å²) in [5.74, 6) is 1.18. The van der Waals surface area contributed by atoms with Gasteiger partial charge in [0.1, 0.15) is 0 Å². The van der Waals surface area contributed by atoms with Crippen LogP contribution in [0.3, 0.4) is 0 Å². The van der Waals surface area contributed by atoms with E-state index in [1.807, 2.05) is 11.8 Å². The van der Waals surface area contributed by atoms with E-state index in [9.17, 15) is 0 Å². The van der Waals surface area contributed by atoms with Gasteiger partial charge in [0.2, 0.25) is 0 Å². The van der Waals surface area contributed by atoms with Crippen molar-refractivity contribution in [2.75, 3.05) is 45.1 Å². The lowest BCUT2D eigenvalue weighted by Crippen LogP contribution is -2.38. The van der Waals surface area contributed by atoms with Gasteiger partial charge in [-0.3, -0.25) is 4.90 Å². The Morgan fingerprint density at radius 3 is 3.00 bits per heavy atom. The number of nitrogens with zero attached hydrogens (tertiary/aromatic N) is 1. The topological polar surface area (TPSA) is 24.5 Å². The number of fused-ring (bicyclic) bond motifs is 1. The highest BCUT2D eigenvalue weighted by Gasteiger charge is 2.21. The molecule has 4 heteroatoms. The van der Waals surface area contributed by atoms with Crippen LogP contribution in [-0.4, -0.2) is 50.0 Å². The van der Waals surface area contributed by atoms with Gasteiger partial charge in [0.25, 0.3) is 0 Å². The summed E-state index contributed by atoms with van der Waals surface area (Å²) in [6, 6.07) is 9.32. The molecule has 1 unspecified atom stereocenters. The molecule has 0 saturated carbocycles. The molecule has 1 fully saturated rings. The highest BCUT2D eigenvalue weighted by molar-refractivity contribution is 7.99. The van der Waals surface area contributed by atoms with E-state index >= 15 is 0 Å². The van der Waals surface area contributed by atoms with Gasteiger partial charge in [0.05, 0.1) is 13.2 Å². The largest absolute Gasteiger partial charge is 0.379 e. The number of thioether (sulfide) groups is 1. The lowest BCUT2D eigenvalue weighted by Gasteiger charge is -2.26. The molecule has 1 N–H and O–H groups in total. The average Bonchev–Trinajstić information content (AvgIpc) is 2.88. The van der Waals surface area contributed by atoms with Crippen molar-refractivity contribution in [3.8, 4) is 0 Å². The Morgan fingerprint density at radius 1 is 1.26 bits per heavy atom. The Morgan fingerprint density at radius 2 is 2.11 bits per heavy atom. The zero-order chi connectivity index (χ0) is 12.9. The van der Waals surface area contributed by atoms with Crippen LogP contribution in [0.5, 0.6) is 0 Å². The first-order valence-corrected chi connectivity index (χ1v) is 8.17. The summed E-state index contributed by atoms with van der Waals surface area (Å²) in [5, 5.41) is 3.70. The molecule has 0 radical (unpaired) electrons. The van der Waals surface area contributed by atoms with Gasteiger partial charge in [0.15, 0.2) is 0 Å². The molecule has 0 aromatic heterocycles. The number of rotatable bonds is 5. The highest BCUT2D eigenvalue weighted by atomic mass is 32.2. The molecule has 2 aliphatic rings. The van der Waals surface area contributed by atoms with E-state index in [1.54, 1.807) is 0 Å². The molecule has 2 heterocycles. The molecule has 0 amide bonds. The fourth-order valence-corrected chi connectivity index (χ4v) is 3.93. The smallest absolute Gasteiger partial charge is 0.0594 e. The summed E-state index contributed by atoms with van der Waals surface area (Å²) >= 11 is 1.97. The van der Waals surface area contributed by atoms with Gasteiger partial charge >= 0.3 is 0 Å². The summed E-state index contributed by atoms with van der Waals surface area (Å²) < 4.78 is 5.37. The summed E-state index contributed by atoms with van der Waals surface area (Å²) in [6.45, 7) is 6.30. The zero-order valence-electron chi connectivity index (χ0n) is 11.3. The Kier molecular flexibility index (Phi) is 4.77. The van der Waals surface area contributed by atoms with Crippen molar-refractivity contribution in [2.45, 2.75) is 17.4 Å². The van der Waals surface area contributed by atoms with Gasteiger partial charge in [-0.15, -0.1) is 11.8 Å². The normalized spacial score (nSPS) is 23.5. The fourth-order valence-electron chi connectivity index (χ4n) is 2.74. The van der Waals surface area contributed by atoms with Crippen LogP contribution in [0.15, 0.2) is 29.2 Å². The van der Waals surface area contributed by atoms with E-state index in [4.69, 9.17) is 4.74 Å². The van der Waals surface area contributed by atoms with Gasteiger partial charge < -0.3 is 10.1 Å². The average molecular weight is 278 g/mol. The molecule has 1 atom stereocenters. The minimum absolute atomic E-state index is 0.547. The minimum Gasteiger partial charge on any atom is -0.379 e. The van der Waals surface area contributed by atoms with E-state index in [2.05, 4.69) is 34.5 Å². The van der Waals surface area contributed by atoms with Crippen molar-refractivity contribution in [3.05, 3.63) is 29.8 Å². The van der Waals surface area contributed by atoms with Gasteiger partial charge in [0, 0.05) is 29.8 Å². The molecular weight excluding hydrogens is 256 g/mol. The molecule has 1 aromatic carbocycles. The van der Waals surface area contributed by atoms with Crippen molar-refractivity contribution >= 4 is 11.8 Å². The molecule has 0 bridgehead atoms. The third kappa shape index (κ3) is 3.51. The van der Waals surface area contributed by atoms with Crippen LogP contribution in [0.2, 0.25) is 0 Å². The number of morpholine rings is 1. The molecule has 3 nitrogen and oxygen atoms in total. The van der Waals surface area contributed by atoms with Crippen LogP contribution < -0.4 is 5.32 Å². The van der Waals surface area contributed by atoms with E-state index in [0.29, 0.717) is 6.04 Å². The van der Waals surface area contributed by atoms with Crippen LogP contribution in [0.1, 0.15) is 18.0 Å². The standard InChI is InChI=1S/C15H22N2OS/c1-2-5-15-13(4-1)14(12-19-15)16-6-3-7-17-8-10-18-11-9-17/h1-2,4-5,14,16H,3,6-12H2. The first kappa shape index (κ1) is 13.4. The van der Waals surface area contributed by atoms with Gasteiger partial charge in [-0.1, -0.05) is 18.2 Å².